The van der Waals surface area contributed by atoms with Crippen LogP contribution in [0.2, 0.25) is 0 Å². The summed E-state index contributed by atoms with van der Waals surface area (Å²) in [6.45, 7) is 3.67. The zero-order valence-corrected chi connectivity index (χ0v) is 9.14. The van der Waals surface area contributed by atoms with Gasteiger partial charge in [-0.3, -0.25) is 0 Å². The summed E-state index contributed by atoms with van der Waals surface area (Å²) in [7, 11) is 0. The largest absolute Gasteiger partial charge is 0.398 e. The summed E-state index contributed by atoms with van der Waals surface area (Å²) in [6, 6.07) is 2.14. The van der Waals surface area contributed by atoms with E-state index in [1.165, 1.54) is 0 Å². The fourth-order valence-electron chi connectivity index (χ4n) is 1.81. The lowest BCUT2D eigenvalue weighted by atomic mass is 10.1. The molecule has 0 unspecified atom stereocenters. The van der Waals surface area contributed by atoms with Crippen molar-refractivity contribution in [2.24, 2.45) is 0 Å². The van der Waals surface area contributed by atoms with Crippen molar-refractivity contribution in [2.75, 3.05) is 5.73 Å². The molecule has 0 amide bonds. The molecule has 0 aliphatic heterocycles. The Morgan fingerprint density at radius 2 is 1.88 bits per heavy atom. The summed E-state index contributed by atoms with van der Waals surface area (Å²) in [5, 5.41) is 0.0784. The van der Waals surface area contributed by atoms with Crippen molar-refractivity contribution >= 4 is 16.6 Å². The molecule has 84 valence electrons. The summed E-state index contributed by atoms with van der Waals surface area (Å²) >= 11 is 0. The third-order valence-corrected chi connectivity index (χ3v) is 2.77. The quantitative estimate of drug-likeness (QED) is 0.805. The molecule has 1 aromatic carbocycles. The Kier molecular flexibility index (Phi) is 2.50. The van der Waals surface area contributed by atoms with Crippen molar-refractivity contribution in [3.63, 3.8) is 0 Å². The molecule has 0 bridgehead atoms. The normalized spacial score (nSPS) is 11.0. The number of pyridine rings is 1. The van der Waals surface area contributed by atoms with E-state index in [2.05, 4.69) is 4.98 Å². The fraction of sp³-hybridized carbons (Fsp3) is 0.250. The molecule has 2 aromatic rings. The average Bonchev–Trinajstić information content (AvgIpc) is 2.27. The van der Waals surface area contributed by atoms with E-state index >= 15 is 0 Å². The Hall–Kier alpha value is -1.71. The van der Waals surface area contributed by atoms with Crippen LogP contribution in [0.1, 0.15) is 18.2 Å². The number of hydrogen-bond donors (Lipinski definition) is 1. The minimum atomic E-state index is -0.544. The first-order valence-corrected chi connectivity index (χ1v) is 5.09. The first kappa shape index (κ1) is 10.8. The number of aryl methyl sites for hydroxylation is 1. The molecule has 0 spiro atoms. The van der Waals surface area contributed by atoms with Crippen molar-refractivity contribution in [1.29, 1.82) is 0 Å². The summed E-state index contributed by atoms with van der Waals surface area (Å²) in [5.41, 5.74) is 7.53. The Morgan fingerprint density at radius 3 is 2.50 bits per heavy atom. The van der Waals surface area contributed by atoms with Gasteiger partial charge in [-0.25, -0.2) is 13.8 Å². The molecule has 0 fully saturated rings. The number of fused-ring (bicyclic) bond motifs is 1. The van der Waals surface area contributed by atoms with Gasteiger partial charge in [-0.05, 0) is 31.0 Å². The van der Waals surface area contributed by atoms with E-state index in [1.807, 2.05) is 6.92 Å². The molecular formula is C12H12F2N2. The standard InChI is InChI=1S/C12H12F2N2/c1-3-9-6(2)11(15)10-7(13)4-5-8(14)12(10)16-9/h4-5H,3H2,1-2H3,(H2,15,16). The van der Waals surface area contributed by atoms with Gasteiger partial charge >= 0.3 is 0 Å². The van der Waals surface area contributed by atoms with Gasteiger partial charge in [0.1, 0.15) is 17.2 Å². The predicted octanol–water partition coefficient (Wildman–Crippen LogP) is 2.97. The molecule has 4 heteroatoms. The zero-order chi connectivity index (χ0) is 11.9. The van der Waals surface area contributed by atoms with Gasteiger partial charge in [-0.15, -0.1) is 0 Å². The molecule has 1 aromatic heterocycles. The summed E-state index contributed by atoms with van der Waals surface area (Å²) < 4.78 is 27.1. The van der Waals surface area contributed by atoms with Crippen LogP contribution in [0.3, 0.4) is 0 Å². The van der Waals surface area contributed by atoms with Crippen LogP contribution in [0.15, 0.2) is 12.1 Å². The van der Waals surface area contributed by atoms with E-state index in [4.69, 9.17) is 5.73 Å². The van der Waals surface area contributed by atoms with Gasteiger partial charge < -0.3 is 5.73 Å². The van der Waals surface area contributed by atoms with Crippen molar-refractivity contribution in [3.05, 3.63) is 35.0 Å². The number of nitrogens with two attached hydrogens (primary N) is 1. The number of rotatable bonds is 1. The maximum Gasteiger partial charge on any atom is 0.149 e. The van der Waals surface area contributed by atoms with E-state index < -0.39 is 11.6 Å². The van der Waals surface area contributed by atoms with Crippen LogP contribution in [0, 0.1) is 18.6 Å². The van der Waals surface area contributed by atoms with Crippen LogP contribution in [0.5, 0.6) is 0 Å². The van der Waals surface area contributed by atoms with Gasteiger partial charge in [-0.1, -0.05) is 6.92 Å². The molecule has 0 radical (unpaired) electrons. The van der Waals surface area contributed by atoms with Gasteiger partial charge in [-0.2, -0.15) is 0 Å². The SMILES string of the molecule is CCc1nc2c(F)ccc(F)c2c(N)c1C. The lowest BCUT2D eigenvalue weighted by molar-refractivity contribution is 0.615. The minimum absolute atomic E-state index is 0.0138. The predicted molar refractivity (Wildman–Crippen MR) is 60.2 cm³/mol. The van der Waals surface area contributed by atoms with Crippen molar-refractivity contribution in [1.82, 2.24) is 4.98 Å². The summed E-state index contributed by atoms with van der Waals surface area (Å²) in [5.74, 6) is -1.08. The second-order valence-corrected chi connectivity index (χ2v) is 3.70. The van der Waals surface area contributed by atoms with Crippen LogP contribution in [-0.4, -0.2) is 4.98 Å². The Bertz CT molecular complexity index is 565. The van der Waals surface area contributed by atoms with Gasteiger partial charge in [0.15, 0.2) is 0 Å². The molecule has 2 rings (SSSR count). The summed E-state index contributed by atoms with van der Waals surface area (Å²) in [6.07, 6.45) is 0.641. The van der Waals surface area contributed by atoms with Crippen molar-refractivity contribution in [3.8, 4) is 0 Å². The van der Waals surface area contributed by atoms with Gasteiger partial charge in [0, 0.05) is 11.4 Å². The minimum Gasteiger partial charge on any atom is -0.398 e. The highest BCUT2D eigenvalue weighted by molar-refractivity contribution is 5.92. The Labute approximate surface area is 92.1 Å². The molecule has 0 aliphatic carbocycles. The number of nitrogen functional groups attached to an aromatic ring is 1. The first-order valence-electron chi connectivity index (χ1n) is 5.09. The van der Waals surface area contributed by atoms with Gasteiger partial charge in [0.25, 0.3) is 0 Å². The number of anilines is 1. The van der Waals surface area contributed by atoms with Gasteiger partial charge in [0.2, 0.25) is 0 Å². The molecule has 2 nitrogen and oxygen atoms in total. The Morgan fingerprint density at radius 1 is 1.25 bits per heavy atom. The third-order valence-electron chi connectivity index (χ3n) is 2.77. The third kappa shape index (κ3) is 1.41. The zero-order valence-electron chi connectivity index (χ0n) is 9.14. The Balaban J connectivity index is 2.97. The van der Waals surface area contributed by atoms with E-state index in [-0.39, 0.29) is 16.6 Å². The lowest BCUT2D eigenvalue weighted by Crippen LogP contribution is -2.02. The number of nitrogens with zero attached hydrogens (tertiary/aromatic N) is 1. The second kappa shape index (κ2) is 3.70. The van der Waals surface area contributed by atoms with E-state index in [9.17, 15) is 8.78 Å². The van der Waals surface area contributed by atoms with Crippen LogP contribution in [0.4, 0.5) is 14.5 Å². The topological polar surface area (TPSA) is 38.9 Å². The monoisotopic (exact) mass is 222 g/mol. The summed E-state index contributed by atoms with van der Waals surface area (Å²) in [4.78, 5) is 4.12. The molecule has 0 atom stereocenters. The van der Waals surface area contributed by atoms with Gasteiger partial charge in [0.05, 0.1) is 5.39 Å². The first-order chi connectivity index (χ1) is 7.56. The number of halogens is 2. The van der Waals surface area contributed by atoms with Crippen LogP contribution in [0.25, 0.3) is 10.9 Å². The maximum atomic E-state index is 13.6. The number of hydrogen-bond acceptors (Lipinski definition) is 2. The average molecular weight is 222 g/mol. The van der Waals surface area contributed by atoms with Crippen molar-refractivity contribution < 1.29 is 8.78 Å². The van der Waals surface area contributed by atoms with Crippen LogP contribution < -0.4 is 5.73 Å². The smallest absolute Gasteiger partial charge is 0.149 e. The molecule has 16 heavy (non-hydrogen) atoms. The van der Waals surface area contributed by atoms with E-state index in [0.717, 1.165) is 17.7 Å². The maximum absolute atomic E-state index is 13.6. The molecule has 0 saturated carbocycles. The highest BCUT2D eigenvalue weighted by Crippen LogP contribution is 2.29. The number of benzene rings is 1. The fourth-order valence-corrected chi connectivity index (χ4v) is 1.81. The van der Waals surface area contributed by atoms with E-state index in [0.29, 0.717) is 12.1 Å². The van der Waals surface area contributed by atoms with Crippen LogP contribution in [-0.2, 0) is 6.42 Å². The second-order valence-electron chi connectivity index (χ2n) is 3.70. The molecule has 1 heterocycles. The molecule has 2 N–H and O–H groups in total. The molecule has 0 saturated heterocycles. The lowest BCUT2D eigenvalue weighted by Gasteiger charge is -2.10. The van der Waals surface area contributed by atoms with Crippen molar-refractivity contribution in [2.45, 2.75) is 20.3 Å². The van der Waals surface area contributed by atoms with E-state index in [1.54, 1.807) is 6.92 Å². The molecule has 0 aliphatic rings. The number of aromatic nitrogens is 1. The highest BCUT2D eigenvalue weighted by atomic mass is 19.1. The molecular weight excluding hydrogens is 210 g/mol. The van der Waals surface area contributed by atoms with Crippen LogP contribution >= 0.6 is 0 Å². The highest BCUT2D eigenvalue weighted by Gasteiger charge is 2.14.